The van der Waals surface area contributed by atoms with Crippen molar-refractivity contribution in [2.45, 2.75) is 70.5 Å². The molecule has 1 aliphatic carbocycles. The van der Waals surface area contributed by atoms with Gasteiger partial charge in [0.2, 0.25) is 0 Å². The number of halogens is 1. The lowest BCUT2D eigenvalue weighted by Crippen LogP contribution is -2.41. The van der Waals surface area contributed by atoms with Gasteiger partial charge in [0, 0.05) is 19.3 Å². The Hall–Kier alpha value is -0.0500. The van der Waals surface area contributed by atoms with Crippen LogP contribution in [0.4, 0.5) is 0 Å². The molecule has 0 bridgehead atoms. The summed E-state index contributed by atoms with van der Waals surface area (Å²) in [5, 5.41) is 6.50. The molecule has 0 aromatic heterocycles. The van der Waals surface area contributed by atoms with Crippen molar-refractivity contribution in [1.29, 1.82) is 0 Å². The summed E-state index contributed by atoms with van der Waals surface area (Å²) in [6.07, 6.45) is 10.7. The minimum atomic E-state index is -3.11. The highest BCUT2D eigenvalue weighted by Crippen LogP contribution is 2.28. The number of nitrogens with zero attached hydrogens (tertiary/aromatic N) is 1. The highest BCUT2D eigenvalue weighted by molar-refractivity contribution is 14.0. The van der Waals surface area contributed by atoms with Gasteiger partial charge in [0.15, 0.2) is 15.8 Å². The Labute approximate surface area is 165 Å². The molecular formula is C17H36IN3O2S. The van der Waals surface area contributed by atoms with E-state index in [1.165, 1.54) is 44.8 Å². The van der Waals surface area contributed by atoms with Crippen LogP contribution in [0, 0.1) is 5.92 Å². The van der Waals surface area contributed by atoms with Crippen LogP contribution in [-0.4, -0.2) is 45.0 Å². The average Bonchev–Trinajstić information content (AvgIpc) is 2.96. The van der Waals surface area contributed by atoms with E-state index in [-0.39, 0.29) is 30.5 Å². The standard InChI is InChI=1S/C17H35N3O2S.HI/c1-5-18-16(20-14-17(2,3)23(4,21)22)19-13-9-8-12-15-10-6-7-11-15;/h15H,5-14H2,1-4H3,(H2,18,19,20);1H. The topological polar surface area (TPSA) is 70.6 Å². The van der Waals surface area contributed by atoms with Gasteiger partial charge in [-0.15, -0.1) is 24.0 Å². The predicted molar refractivity (Wildman–Crippen MR) is 114 cm³/mol. The first-order valence-electron chi connectivity index (χ1n) is 8.98. The lowest BCUT2D eigenvalue weighted by atomic mass is 10.0. The lowest BCUT2D eigenvalue weighted by Gasteiger charge is -2.21. The summed E-state index contributed by atoms with van der Waals surface area (Å²) in [6, 6.07) is 0. The second-order valence-electron chi connectivity index (χ2n) is 7.30. The number of sulfone groups is 1. The van der Waals surface area contributed by atoms with E-state index in [1.807, 2.05) is 6.92 Å². The van der Waals surface area contributed by atoms with Gasteiger partial charge < -0.3 is 10.6 Å². The van der Waals surface area contributed by atoms with Crippen molar-refractivity contribution in [1.82, 2.24) is 10.6 Å². The zero-order valence-corrected chi connectivity index (χ0v) is 18.9. The van der Waals surface area contributed by atoms with Crippen molar-refractivity contribution in [3.05, 3.63) is 0 Å². The van der Waals surface area contributed by atoms with Crippen molar-refractivity contribution in [3.8, 4) is 0 Å². The Kier molecular flexibility index (Phi) is 11.5. The van der Waals surface area contributed by atoms with E-state index in [0.717, 1.165) is 25.4 Å². The molecular weight excluding hydrogens is 437 g/mol. The second-order valence-corrected chi connectivity index (χ2v) is 9.95. The van der Waals surface area contributed by atoms with Gasteiger partial charge in [-0.3, -0.25) is 4.99 Å². The van der Waals surface area contributed by atoms with Crippen LogP contribution in [0.1, 0.15) is 65.7 Å². The third-order valence-electron chi connectivity index (χ3n) is 4.77. The lowest BCUT2D eigenvalue weighted by molar-refractivity contribution is 0.472. The molecule has 0 aliphatic heterocycles. The first-order valence-corrected chi connectivity index (χ1v) is 10.9. The van der Waals surface area contributed by atoms with E-state index >= 15 is 0 Å². The summed E-state index contributed by atoms with van der Waals surface area (Å²) in [4.78, 5) is 4.44. The SMILES string of the molecule is CCNC(=NCC(C)(C)S(C)(=O)=O)NCCCCC1CCCC1.I. The molecule has 0 spiro atoms. The maximum Gasteiger partial charge on any atom is 0.191 e. The first-order chi connectivity index (χ1) is 10.8. The molecule has 0 saturated heterocycles. The normalized spacial score (nSPS) is 16.8. The van der Waals surface area contributed by atoms with Crippen LogP contribution in [0.3, 0.4) is 0 Å². The maximum atomic E-state index is 11.7. The zero-order chi connectivity index (χ0) is 17.3. The Morgan fingerprint density at radius 2 is 1.79 bits per heavy atom. The summed E-state index contributed by atoms with van der Waals surface area (Å²) in [6.45, 7) is 7.38. The molecule has 7 heteroatoms. The fraction of sp³-hybridized carbons (Fsp3) is 0.941. The van der Waals surface area contributed by atoms with Gasteiger partial charge in [-0.25, -0.2) is 8.42 Å². The van der Waals surface area contributed by atoms with Gasteiger partial charge in [0.1, 0.15) is 0 Å². The molecule has 2 N–H and O–H groups in total. The molecule has 0 atom stereocenters. The Bertz CT molecular complexity index is 472. The van der Waals surface area contributed by atoms with Crippen molar-refractivity contribution in [2.24, 2.45) is 10.9 Å². The van der Waals surface area contributed by atoms with Gasteiger partial charge in [-0.1, -0.05) is 38.5 Å². The third-order valence-corrected chi connectivity index (χ3v) is 6.91. The molecule has 1 fully saturated rings. The smallest absolute Gasteiger partial charge is 0.191 e. The second kappa shape index (κ2) is 11.5. The third kappa shape index (κ3) is 8.87. The molecule has 24 heavy (non-hydrogen) atoms. The quantitative estimate of drug-likeness (QED) is 0.233. The number of nitrogens with one attached hydrogen (secondary N) is 2. The number of unbranched alkanes of at least 4 members (excludes halogenated alkanes) is 1. The minimum absolute atomic E-state index is 0. The van der Waals surface area contributed by atoms with Crippen molar-refractivity contribution in [2.75, 3.05) is 25.9 Å². The van der Waals surface area contributed by atoms with E-state index in [0.29, 0.717) is 5.96 Å². The maximum absolute atomic E-state index is 11.7. The van der Waals surface area contributed by atoms with Crippen LogP contribution in [-0.2, 0) is 9.84 Å². The fourth-order valence-corrected chi connectivity index (χ4v) is 3.09. The highest BCUT2D eigenvalue weighted by atomic mass is 127. The van der Waals surface area contributed by atoms with Crippen LogP contribution in [0.5, 0.6) is 0 Å². The van der Waals surface area contributed by atoms with E-state index in [2.05, 4.69) is 15.6 Å². The summed E-state index contributed by atoms with van der Waals surface area (Å²) >= 11 is 0. The number of aliphatic imine (C=N–C) groups is 1. The van der Waals surface area contributed by atoms with Gasteiger partial charge in [0.05, 0.1) is 11.3 Å². The van der Waals surface area contributed by atoms with Crippen LogP contribution in [0.2, 0.25) is 0 Å². The van der Waals surface area contributed by atoms with Gasteiger partial charge >= 0.3 is 0 Å². The summed E-state index contributed by atoms with van der Waals surface area (Å²) in [5.74, 6) is 1.66. The molecule has 1 aliphatic rings. The summed E-state index contributed by atoms with van der Waals surface area (Å²) in [7, 11) is -3.11. The highest BCUT2D eigenvalue weighted by Gasteiger charge is 2.29. The Morgan fingerprint density at radius 3 is 2.33 bits per heavy atom. The summed E-state index contributed by atoms with van der Waals surface area (Å²) in [5.41, 5.74) is 0. The summed E-state index contributed by atoms with van der Waals surface area (Å²) < 4.78 is 22.6. The van der Waals surface area contributed by atoms with Crippen LogP contribution >= 0.6 is 24.0 Å². The van der Waals surface area contributed by atoms with Crippen LogP contribution < -0.4 is 10.6 Å². The first kappa shape index (κ1) is 23.9. The van der Waals surface area contributed by atoms with Gasteiger partial charge in [0.25, 0.3) is 0 Å². The predicted octanol–water partition coefficient (Wildman–Crippen LogP) is 3.34. The fourth-order valence-electron chi connectivity index (χ4n) is 2.79. The van der Waals surface area contributed by atoms with E-state index < -0.39 is 14.6 Å². The number of guanidine groups is 1. The van der Waals surface area contributed by atoms with Crippen molar-refractivity contribution < 1.29 is 8.42 Å². The largest absolute Gasteiger partial charge is 0.357 e. The molecule has 1 saturated carbocycles. The van der Waals surface area contributed by atoms with Gasteiger partial charge in [-0.05, 0) is 33.1 Å². The zero-order valence-electron chi connectivity index (χ0n) is 15.7. The van der Waals surface area contributed by atoms with E-state index in [9.17, 15) is 8.42 Å². The molecule has 0 radical (unpaired) electrons. The monoisotopic (exact) mass is 473 g/mol. The molecule has 5 nitrogen and oxygen atoms in total. The number of hydrogen-bond donors (Lipinski definition) is 2. The number of rotatable bonds is 9. The molecule has 0 amide bonds. The van der Waals surface area contributed by atoms with Gasteiger partial charge in [-0.2, -0.15) is 0 Å². The molecule has 0 heterocycles. The van der Waals surface area contributed by atoms with E-state index in [1.54, 1.807) is 13.8 Å². The minimum Gasteiger partial charge on any atom is -0.357 e. The number of hydrogen-bond acceptors (Lipinski definition) is 3. The van der Waals surface area contributed by atoms with Crippen LogP contribution in [0.15, 0.2) is 4.99 Å². The Morgan fingerprint density at radius 1 is 1.17 bits per heavy atom. The molecule has 0 unspecified atom stereocenters. The molecule has 144 valence electrons. The average molecular weight is 473 g/mol. The Balaban J connectivity index is 0.00000529. The van der Waals surface area contributed by atoms with Crippen molar-refractivity contribution >= 4 is 39.8 Å². The van der Waals surface area contributed by atoms with Crippen molar-refractivity contribution in [3.63, 3.8) is 0 Å². The van der Waals surface area contributed by atoms with Crippen LogP contribution in [0.25, 0.3) is 0 Å². The molecule has 1 rings (SSSR count). The molecule has 0 aromatic rings. The molecule has 0 aromatic carbocycles. The van der Waals surface area contributed by atoms with E-state index in [4.69, 9.17) is 0 Å².